The van der Waals surface area contributed by atoms with Gasteiger partial charge in [-0.1, -0.05) is 6.92 Å². The molecule has 1 aliphatic rings. The molecular weight excluding hydrogens is 272 g/mol. The van der Waals surface area contributed by atoms with Gasteiger partial charge in [-0.15, -0.1) is 0 Å². The number of carboxylic acid groups (broad SMARTS) is 1. The minimum absolute atomic E-state index is 0.145. The molecule has 114 valence electrons. The molecule has 2 amide bonds. The molecule has 6 nitrogen and oxygen atoms in total. The average molecular weight is 292 g/mol. The third-order valence-electron chi connectivity index (χ3n) is 3.60. The van der Waals surface area contributed by atoms with E-state index in [4.69, 9.17) is 9.84 Å². The van der Waals surface area contributed by atoms with Gasteiger partial charge in [0.05, 0.1) is 0 Å². The van der Waals surface area contributed by atoms with Crippen LogP contribution < -0.4 is 10.1 Å². The molecule has 0 aromatic heterocycles. The van der Waals surface area contributed by atoms with E-state index >= 15 is 0 Å². The zero-order valence-electron chi connectivity index (χ0n) is 12.2. The number of hydrogen-bond donors (Lipinski definition) is 2. The molecule has 1 aliphatic carbocycles. The number of anilines is 1. The smallest absolute Gasteiger partial charge is 0.341 e. The molecule has 1 fully saturated rings. The molecule has 2 atom stereocenters. The van der Waals surface area contributed by atoms with Crippen molar-refractivity contribution in [1.29, 1.82) is 0 Å². The highest BCUT2D eigenvalue weighted by Gasteiger charge is 2.34. The standard InChI is InChI=1S/C15H20N2O4/c1-10-7-11(10)8-17(2)15(20)16-12-3-5-13(6-4-12)21-9-14(18)19/h3-6,10-11H,7-9H2,1-2H3,(H,16,20)(H,18,19). The van der Waals surface area contributed by atoms with E-state index < -0.39 is 5.97 Å². The second-order valence-corrected chi connectivity index (χ2v) is 5.49. The quantitative estimate of drug-likeness (QED) is 0.843. The molecule has 0 spiro atoms. The number of ether oxygens (including phenoxy) is 1. The van der Waals surface area contributed by atoms with Gasteiger partial charge in [-0.2, -0.15) is 0 Å². The lowest BCUT2D eigenvalue weighted by Gasteiger charge is -2.18. The van der Waals surface area contributed by atoms with E-state index in [0.717, 1.165) is 6.54 Å². The number of nitrogens with one attached hydrogen (secondary N) is 1. The van der Waals surface area contributed by atoms with Crippen LogP contribution in [0.15, 0.2) is 24.3 Å². The van der Waals surface area contributed by atoms with Crippen molar-refractivity contribution < 1.29 is 19.4 Å². The number of carboxylic acids is 1. The van der Waals surface area contributed by atoms with Crippen LogP contribution in [0.1, 0.15) is 13.3 Å². The first kappa shape index (κ1) is 15.2. The van der Waals surface area contributed by atoms with Crippen LogP contribution in [0, 0.1) is 11.8 Å². The summed E-state index contributed by atoms with van der Waals surface area (Å²) in [4.78, 5) is 24.1. The first-order chi connectivity index (χ1) is 9.95. The highest BCUT2D eigenvalue weighted by atomic mass is 16.5. The summed E-state index contributed by atoms with van der Waals surface area (Å²) in [5.41, 5.74) is 0.651. The van der Waals surface area contributed by atoms with Crippen molar-refractivity contribution in [3.05, 3.63) is 24.3 Å². The summed E-state index contributed by atoms with van der Waals surface area (Å²) >= 11 is 0. The van der Waals surface area contributed by atoms with Crippen LogP contribution in [-0.4, -0.2) is 42.2 Å². The van der Waals surface area contributed by atoms with Gasteiger partial charge in [0, 0.05) is 19.3 Å². The van der Waals surface area contributed by atoms with Crippen LogP contribution in [0.2, 0.25) is 0 Å². The number of nitrogens with zero attached hydrogens (tertiary/aromatic N) is 1. The highest BCUT2D eigenvalue weighted by Crippen LogP contribution is 2.37. The summed E-state index contributed by atoms with van der Waals surface area (Å²) in [7, 11) is 1.78. The molecule has 0 heterocycles. The van der Waals surface area contributed by atoms with Crippen molar-refractivity contribution in [2.24, 2.45) is 11.8 Å². The number of amides is 2. The van der Waals surface area contributed by atoms with E-state index in [1.165, 1.54) is 6.42 Å². The van der Waals surface area contributed by atoms with Gasteiger partial charge in [0.15, 0.2) is 6.61 Å². The summed E-state index contributed by atoms with van der Waals surface area (Å²) in [6.45, 7) is 2.58. The lowest BCUT2D eigenvalue weighted by Crippen LogP contribution is -2.33. The molecule has 2 rings (SSSR count). The van der Waals surface area contributed by atoms with Crippen LogP contribution in [0.3, 0.4) is 0 Å². The van der Waals surface area contributed by atoms with E-state index in [1.54, 1.807) is 36.2 Å². The monoisotopic (exact) mass is 292 g/mol. The summed E-state index contributed by atoms with van der Waals surface area (Å²) in [5, 5.41) is 11.3. The minimum atomic E-state index is -1.02. The Morgan fingerprint density at radius 2 is 2.00 bits per heavy atom. The number of urea groups is 1. The van der Waals surface area contributed by atoms with Gasteiger partial charge in [-0.3, -0.25) is 0 Å². The fourth-order valence-corrected chi connectivity index (χ4v) is 2.09. The Bertz CT molecular complexity index is 515. The Morgan fingerprint density at radius 1 is 1.38 bits per heavy atom. The Labute approximate surface area is 123 Å². The van der Waals surface area contributed by atoms with Gasteiger partial charge < -0.3 is 20.1 Å². The van der Waals surface area contributed by atoms with Gasteiger partial charge in [-0.25, -0.2) is 9.59 Å². The van der Waals surface area contributed by atoms with Gasteiger partial charge in [0.1, 0.15) is 5.75 Å². The number of rotatable bonds is 6. The summed E-state index contributed by atoms with van der Waals surface area (Å²) in [6.07, 6.45) is 1.19. The van der Waals surface area contributed by atoms with Crippen molar-refractivity contribution in [1.82, 2.24) is 4.90 Å². The predicted molar refractivity (Wildman–Crippen MR) is 78.5 cm³/mol. The largest absolute Gasteiger partial charge is 0.482 e. The molecule has 21 heavy (non-hydrogen) atoms. The first-order valence-electron chi connectivity index (χ1n) is 6.92. The topological polar surface area (TPSA) is 78.9 Å². The second-order valence-electron chi connectivity index (χ2n) is 5.49. The molecule has 1 saturated carbocycles. The molecule has 0 aliphatic heterocycles. The summed E-state index contributed by atoms with van der Waals surface area (Å²) in [6, 6.07) is 6.47. The van der Waals surface area contributed by atoms with E-state index in [-0.39, 0.29) is 12.6 Å². The molecule has 0 saturated heterocycles. The zero-order valence-corrected chi connectivity index (χ0v) is 12.2. The van der Waals surface area contributed by atoms with Crippen LogP contribution in [-0.2, 0) is 4.79 Å². The zero-order chi connectivity index (χ0) is 15.4. The number of carbonyl (C=O) groups is 2. The number of carbonyl (C=O) groups excluding carboxylic acids is 1. The third-order valence-corrected chi connectivity index (χ3v) is 3.60. The van der Waals surface area contributed by atoms with E-state index in [9.17, 15) is 9.59 Å². The number of benzene rings is 1. The number of hydrogen-bond acceptors (Lipinski definition) is 3. The Morgan fingerprint density at radius 3 is 2.52 bits per heavy atom. The van der Waals surface area contributed by atoms with Crippen LogP contribution in [0.4, 0.5) is 10.5 Å². The Kier molecular flexibility index (Phi) is 4.67. The van der Waals surface area contributed by atoms with Crippen LogP contribution in [0.25, 0.3) is 0 Å². The molecular formula is C15H20N2O4. The SMILES string of the molecule is CC1CC1CN(C)C(=O)Nc1ccc(OCC(=O)O)cc1. The number of aliphatic carboxylic acids is 1. The van der Waals surface area contributed by atoms with Crippen LogP contribution in [0.5, 0.6) is 5.75 Å². The average Bonchev–Trinajstić information content (AvgIpc) is 3.13. The lowest BCUT2D eigenvalue weighted by molar-refractivity contribution is -0.139. The van der Waals surface area contributed by atoms with E-state index in [2.05, 4.69) is 12.2 Å². The highest BCUT2D eigenvalue weighted by molar-refractivity contribution is 5.89. The van der Waals surface area contributed by atoms with Gasteiger partial charge in [0.25, 0.3) is 0 Å². The molecule has 1 aromatic rings. The second kappa shape index (κ2) is 6.47. The molecule has 2 unspecified atom stereocenters. The minimum Gasteiger partial charge on any atom is -0.482 e. The van der Waals surface area contributed by atoms with E-state index in [0.29, 0.717) is 23.3 Å². The Hall–Kier alpha value is -2.24. The third kappa shape index (κ3) is 4.66. The van der Waals surface area contributed by atoms with Crippen molar-refractivity contribution in [2.45, 2.75) is 13.3 Å². The fraction of sp³-hybridized carbons (Fsp3) is 0.467. The van der Waals surface area contributed by atoms with Gasteiger partial charge in [0.2, 0.25) is 0 Å². The van der Waals surface area contributed by atoms with E-state index in [1.807, 2.05) is 0 Å². The van der Waals surface area contributed by atoms with Gasteiger partial charge in [-0.05, 0) is 42.5 Å². The Balaban J connectivity index is 1.81. The predicted octanol–water partition coefficient (Wildman–Crippen LogP) is 2.27. The maximum absolute atomic E-state index is 12.0. The van der Waals surface area contributed by atoms with Gasteiger partial charge >= 0.3 is 12.0 Å². The molecule has 0 bridgehead atoms. The van der Waals surface area contributed by atoms with Crippen molar-refractivity contribution in [3.63, 3.8) is 0 Å². The molecule has 2 N–H and O–H groups in total. The molecule has 1 aromatic carbocycles. The maximum atomic E-state index is 12.0. The van der Waals surface area contributed by atoms with Crippen molar-refractivity contribution in [2.75, 3.05) is 25.5 Å². The lowest BCUT2D eigenvalue weighted by atomic mass is 10.3. The maximum Gasteiger partial charge on any atom is 0.341 e. The first-order valence-corrected chi connectivity index (χ1v) is 6.92. The summed E-state index contributed by atoms with van der Waals surface area (Å²) < 4.78 is 5.02. The van der Waals surface area contributed by atoms with Crippen molar-refractivity contribution >= 4 is 17.7 Å². The normalized spacial score (nSPS) is 19.7. The molecule has 0 radical (unpaired) electrons. The van der Waals surface area contributed by atoms with Crippen LogP contribution >= 0.6 is 0 Å². The molecule has 6 heteroatoms. The fourth-order valence-electron chi connectivity index (χ4n) is 2.09. The van der Waals surface area contributed by atoms with Crippen molar-refractivity contribution in [3.8, 4) is 5.75 Å². The summed E-state index contributed by atoms with van der Waals surface area (Å²) in [5.74, 6) is 0.761.